The van der Waals surface area contributed by atoms with Gasteiger partial charge in [0.05, 0.1) is 0 Å². The van der Waals surface area contributed by atoms with Crippen LogP contribution < -0.4 is 5.32 Å². The van der Waals surface area contributed by atoms with E-state index >= 15 is 0 Å². The van der Waals surface area contributed by atoms with Crippen LogP contribution in [0.3, 0.4) is 0 Å². The zero-order valence-electron chi connectivity index (χ0n) is 7.42. The predicted molar refractivity (Wildman–Crippen MR) is 53.0 cm³/mol. The first-order chi connectivity index (χ1) is 6.27. The maximum atomic E-state index is 10.9. The number of nitrogens with one attached hydrogen (secondary N) is 1. The SMILES string of the molecule is O=C(Cl)C1CCc2ccccc2N1.[Co]. The number of benzene rings is 1. The van der Waals surface area contributed by atoms with Crippen LogP contribution in [0.2, 0.25) is 0 Å². The summed E-state index contributed by atoms with van der Waals surface area (Å²) in [4.78, 5) is 10.9. The van der Waals surface area contributed by atoms with Crippen LogP contribution in [-0.2, 0) is 28.0 Å². The van der Waals surface area contributed by atoms with Gasteiger partial charge in [0.25, 0.3) is 0 Å². The normalized spacial score (nSPS) is 18.8. The van der Waals surface area contributed by atoms with Gasteiger partial charge in [-0.1, -0.05) is 18.2 Å². The Kier molecular flexibility index (Phi) is 3.98. The molecule has 4 heteroatoms. The van der Waals surface area contributed by atoms with Gasteiger partial charge in [0.2, 0.25) is 5.24 Å². The van der Waals surface area contributed by atoms with Gasteiger partial charge in [0.1, 0.15) is 6.04 Å². The largest absolute Gasteiger partial charge is 0.374 e. The summed E-state index contributed by atoms with van der Waals surface area (Å²) in [6.07, 6.45) is 1.71. The Balaban J connectivity index is 0.000000980. The van der Waals surface area contributed by atoms with Crippen LogP contribution in [0.15, 0.2) is 24.3 Å². The van der Waals surface area contributed by atoms with Gasteiger partial charge in [0.15, 0.2) is 0 Å². The van der Waals surface area contributed by atoms with E-state index in [1.165, 1.54) is 5.56 Å². The van der Waals surface area contributed by atoms with Crippen molar-refractivity contribution in [3.63, 3.8) is 0 Å². The van der Waals surface area contributed by atoms with Crippen LogP contribution in [0.4, 0.5) is 5.69 Å². The first-order valence-corrected chi connectivity index (χ1v) is 4.69. The van der Waals surface area contributed by atoms with Gasteiger partial charge < -0.3 is 5.32 Å². The van der Waals surface area contributed by atoms with Crippen molar-refractivity contribution in [2.75, 3.05) is 5.32 Å². The third-order valence-corrected chi connectivity index (χ3v) is 2.59. The molecule has 14 heavy (non-hydrogen) atoms. The summed E-state index contributed by atoms with van der Waals surface area (Å²) in [6.45, 7) is 0. The van der Waals surface area contributed by atoms with Crippen molar-refractivity contribution in [1.29, 1.82) is 0 Å². The van der Waals surface area contributed by atoms with Gasteiger partial charge in [-0.05, 0) is 36.1 Å². The Morgan fingerprint density at radius 1 is 1.43 bits per heavy atom. The molecule has 1 unspecified atom stereocenters. The van der Waals surface area contributed by atoms with Gasteiger partial charge in [-0.15, -0.1) is 0 Å². The van der Waals surface area contributed by atoms with Crippen molar-refractivity contribution in [1.82, 2.24) is 0 Å². The van der Waals surface area contributed by atoms with Crippen molar-refractivity contribution < 1.29 is 21.6 Å². The number of para-hydroxylation sites is 1. The third-order valence-electron chi connectivity index (χ3n) is 2.32. The molecule has 2 rings (SSSR count). The molecular formula is C10H10ClCoNO. The number of carbonyl (C=O) groups is 1. The first kappa shape index (κ1) is 11.6. The molecule has 1 aliphatic rings. The second-order valence-electron chi connectivity index (χ2n) is 3.20. The molecule has 0 saturated carbocycles. The van der Waals surface area contributed by atoms with E-state index in [-0.39, 0.29) is 28.1 Å². The standard InChI is InChI=1S/C10H10ClNO.Co/c11-10(13)9-6-5-7-3-1-2-4-8(7)12-9;/h1-4,9,12H,5-6H2;. The molecule has 0 bridgehead atoms. The summed E-state index contributed by atoms with van der Waals surface area (Å²) >= 11 is 5.42. The second kappa shape index (κ2) is 4.82. The number of fused-ring (bicyclic) bond motifs is 1. The van der Waals surface area contributed by atoms with Crippen LogP contribution in [0.5, 0.6) is 0 Å². The number of halogens is 1. The van der Waals surface area contributed by atoms with Crippen LogP contribution in [0, 0.1) is 0 Å². The summed E-state index contributed by atoms with van der Waals surface area (Å²) in [5, 5.41) is 2.82. The van der Waals surface area contributed by atoms with Crippen LogP contribution >= 0.6 is 11.6 Å². The average Bonchev–Trinajstić information content (AvgIpc) is 2.17. The Morgan fingerprint density at radius 2 is 2.14 bits per heavy atom. The fourth-order valence-corrected chi connectivity index (χ4v) is 1.77. The fraction of sp³-hybridized carbons (Fsp3) is 0.300. The molecule has 0 fully saturated rings. The average molecular weight is 255 g/mol. The minimum absolute atomic E-state index is 0. The van der Waals surface area contributed by atoms with Crippen LogP contribution in [-0.4, -0.2) is 11.3 Å². The Bertz CT molecular complexity index is 343. The van der Waals surface area contributed by atoms with E-state index in [2.05, 4.69) is 11.4 Å². The molecule has 1 heterocycles. The van der Waals surface area contributed by atoms with E-state index in [1.54, 1.807) is 0 Å². The molecule has 2 nitrogen and oxygen atoms in total. The summed E-state index contributed by atoms with van der Waals surface area (Å²) < 4.78 is 0. The van der Waals surface area contributed by atoms with Gasteiger partial charge >= 0.3 is 0 Å². The monoisotopic (exact) mass is 254 g/mol. The van der Waals surface area contributed by atoms with E-state index < -0.39 is 0 Å². The van der Waals surface area contributed by atoms with Gasteiger partial charge in [-0.2, -0.15) is 0 Å². The predicted octanol–water partition coefficient (Wildman–Crippen LogP) is 2.18. The number of hydrogen-bond acceptors (Lipinski definition) is 2. The Morgan fingerprint density at radius 3 is 2.86 bits per heavy atom. The molecule has 1 N–H and O–H groups in total. The summed E-state index contributed by atoms with van der Waals surface area (Å²) in [7, 11) is 0. The molecule has 1 radical (unpaired) electrons. The maximum absolute atomic E-state index is 10.9. The number of rotatable bonds is 1. The minimum atomic E-state index is -0.297. The molecule has 1 aliphatic heterocycles. The Hall–Kier alpha value is -0.514. The first-order valence-electron chi connectivity index (χ1n) is 4.31. The molecule has 1 aromatic carbocycles. The number of carbonyl (C=O) groups excluding carboxylic acids is 1. The molecule has 0 aromatic heterocycles. The molecule has 1 aromatic rings. The zero-order valence-corrected chi connectivity index (χ0v) is 9.22. The van der Waals surface area contributed by atoms with Crippen molar-refractivity contribution in [2.24, 2.45) is 0 Å². The summed E-state index contributed by atoms with van der Waals surface area (Å²) in [5.74, 6) is 0. The van der Waals surface area contributed by atoms with Crippen molar-refractivity contribution in [3.8, 4) is 0 Å². The van der Waals surface area contributed by atoms with E-state index in [0.29, 0.717) is 0 Å². The Labute approximate surface area is 98.2 Å². The fourth-order valence-electron chi connectivity index (χ4n) is 1.61. The molecule has 0 aliphatic carbocycles. The van der Waals surface area contributed by atoms with Crippen LogP contribution in [0.25, 0.3) is 0 Å². The molecule has 0 spiro atoms. The van der Waals surface area contributed by atoms with Gasteiger partial charge in [0, 0.05) is 22.5 Å². The van der Waals surface area contributed by atoms with Crippen molar-refractivity contribution >= 4 is 22.5 Å². The van der Waals surface area contributed by atoms with Gasteiger partial charge in [-0.25, -0.2) is 0 Å². The number of anilines is 1. The summed E-state index contributed by atoms with van der Waals surface area (Å²) in [5.41, 5.74) is 2.30. The van der Waals surface area contributed by atoms with Crippen molar-refractivity contribution in [2.45, 2.75) is 18.9 Å². The molecule has 1 atom stereocenters. The second-order valence-corrected chi connectivity index (χ2v) is 3.57. The molecule has 77 valence electrons. The van der Waals surface area contributed by atoms with E-state index in [9.17, 15) is 4.79 Å². The summed E-state index contributed by atoms with van der Waals surface area (Å²) in [6, 6.07) is 7.78. The zero-order chi connectivity index (χ0) is 9.26. The quantitative estimate of drug-likeness (QED) is 0.779. The molecule has 0 saturated heterocycles. The van der Waals surface area contributed by atoms with E-state index in [0.717, 1.165) is 18.5 Å². The van der Waals surface area contributed by atoms with E-state index in [1.807, 2.05) is 18.2 Å². The molecule has 0 amide bonds. The minimum Gasteiger partial charge on any atom is -0.374 e. The molecular weight excluding hydrogens is 245 g/mol. The van der Waals surface area contributed by atoms with Crippen molar-refractivity contribution in [3.05, 3.63) is 29.8 Å². The van der Waals surface area contributed by atoms with Crippen LogP contribution in [0.1, 0.15) is 12.0 Å². The smallest absolute Gasteiger partial charge is 0.243 e. The number of hydrogen-bond donors (Lipinski definition) is 1. The van der Waals surface area contributed by atoms with Gasteiger partial charge in [-0.3, -0.25) is 4.79 Å². The topological polar surface area (TPSA) is 29.1 Å². The maximum Gasteiger partial charge on any atom is 0.243 e. The van der Waals surface area contributed by atoms with E-state index in [4.69, 9.17) is 11.6 Å². The third kappa shape index (κ3) is 2.29. The number of aryl methyl sites for hydroxylation is 1.